The summed E-state index contributed by atoms with van der Waals surface area (Å²) in [5, 5.41) is 4.19. The monoisotopic (exact) mass is 382 g/mol. The molecule has 2 rings (SSSR count). The number of rotatable bonds is 9. The van der Waals surface area contributed by atoms with Crippen molar-refractivity contribution in [3.05, 3.63) is 17.0 Å². The molecule has 0 fully saturated rings. The van der Waals surface area contributed by atoms with Crippen molar-refractivity contribution in [1.82, 2.24) is 19.6 Å². The molecule has 0 spiro atoms. The van der Waals surface area contributed by atoms with Crippen LogP contribution in [0.5, 0.6) is 0 Å². The van der Waals surface area contributed by atoms with Gasteiger partial charge in [-0.1, -0.05) is 25.1 Å². The number of esters is 1. The molecule has 0 saturated heterocycles. The predicted octanol–water partition coefficient (Wildman–Crippen LogP) is 2.34. The first kappa shape index (κ1) is 20.6. The zero-order chi connectivity index (χ0) is 19.3. The number of methoxy groups -OCH3 is 3. The van der Waals surface area contributed by atoms with Gasteiger partial charge in [0.25, 0.3) is 5.78 Å². The molecule has 0 aliphatic rings. The zero-order valence-electron chi connectivity index (χ0n) is 16.1. The molecule has 0 radical (unpaired) electrons. The maximum absolute atomic E-state index is 12.1. The van der Waals surface area contributed by atoms with Crippen LogP contribution in [-0.4, -0.2) is 58.4 Å². The number of aryl methyl sites for hydroxylation is 2. The van der Waals surface area contributed by atoms with Crippen LogP contribution in [-0.2, 0) is 25.4 Å². The van der Waals surface area contributed by atoms with E-state index in [0.29, 0.717) is 10.9 Å². The maximum atomic E-state index is 12.1. The van der Waals surface area contributed by atoms with Gasteiger partial charge in [-0.15, -0.1) is 5.10 Å². The zero-order valence-corrected chi connectivity index (χ0v) is 16.9. The standard InChI is InChI=1S/C17H26N4O4S/c1-7-8-9-12-10(2)18-16-19-17(20-21(16)11(12)3)26-13(14(22)23-4)15(24-5)25-6/h13,15H,7-9H2,1-6H3/t13-/m1/s1. The highest BCUT2D eigenvalue weighted by atomic mass is 32.2. The van der Waals surface area contributed by atoms with Gasteiger partial charge in [0.15, 0.2) is 11.5 Å². The van der Waals surface area contributed by atoms with Crippen LogP contribution >= 0.6 is 11.8 Å². The molecule has 2 heterocycles. The minimum Gasteiger partial charge on any atom is -0.468 e. The van der Waals surface area contributed by atoms with E-state index in [1.165, 1.54) is 26.9 Å². The van der Waals surface area contributed by atoms with Gasteiger partial charge in [-0.3, -0.25) is 4.79 Å². The average Bonchev–Trinajstić information content (AvgIpc) is 3.03. The maximum Gasteiger partial charge on any atom is 0.324 e. The number of hydrogen-bond acceptors (Lipinski definition) is 8. The summed E-state index contributed by atoms with van der Waals surface area (Å²) >= 11 is 1.14. The van der Waals surface area contributed by atoms with Gasteiger partial charge in [-0.2, -0.15) is 4.98 Å². The van der Waals surface area contributed by atoms with E-state index in [4.69, 9.17) is 14.2 Å². The fourth-order valence-corrected chi connectivity index (χ4v) is 3.76. The molecule has 0 unspecified atom stereocenters. The molecule has 0 amide bonds. The third-order valence-electron chi connectivity index (χ3n) is 4.19. The first-order valence-electron chi connectivity index (χ1n) is 8.49. The molecule has 26 heavy (non-hydrogen) atoms. The van der Waals surface area contributed by atoms with Crippen LogP contribution in [0.4, 0.5) is 0 Å². The molecule has 1 atom stereocenters. The Morgan fingerprint density at radius 2 is 1.88 bits per heavy atom. The normalized spacial score (nSPS) is 12.7. The Morgan fingerprint density at radius 3 is 2.46 bits per heavy atom. The van der Waals surface area contributed by atoms with Gasteiger partial charge in [-0.05, 0) is 32.3 Å². The summed E-state index contributed by atoms with van der Waals surface area (Å²) in [4.78, 5) is 21.1. The second-order valence-electron chi connectivity index (χ2n) is 5.87. The molecule has 8 nitrogen and oxygen atoms in total. The Balaban J connectivity index is 2.37. The smallest absolute Gasteiger partial charge is 0.324 e. The lowest BCUT2D eigenvalue weighted by Crippen LogP contribution is -2.35. The van der Waals surface area contributed by atoms with Gasteiger partial charge in [0, 0.05) is 25.6 Å². The first-order chi connectivity index (χ1) is 12.5. The number of fused-ring (bicyclic) bond motifs is 1. The second-order valence-corrected chi connectivity index (χ2v) is 6.98. The third kappa shape index (κ3) is 4.33. The number of thioether (sulfide) groups is 1. The van der Waals surface area contributed by atoms with Gasteiger partial charge < -0.3 is 14.2 Å². The van der Waals surface area contributed by atoms with Crippen LogP contribution in [0.25, 0.3) is 5.78 Å². The molecule has 2 aromatic heterocycles. The molecule has 0 saturated carbocycles. The minimum absolute atomic E-state index is 0.419. The van der Waals surface area contributed by atoms with E-state index in [1.54, 1.807) is 4.52 Å². The molecular formula is C17H26N4O4S. The first-order valence-corrected chi connectivity index (χ1v) is 9.37. The summed E-state index contributed by atoms with van der Waals surface area (Å²) in [6, 6.07) is 0. The van der Waals surface area contributed by atoms with Gasteiger partial charge in [0.05, 0.1) is 7.11 Å². The fraction of sp³-hybridized carbons (Fsp3) is 0.647. The van der Waals surface area contributed by atoms with Crippen LogP contribution in [0, 0.1) is 13.8 Å². The number of carbonyl (C=O) groups is 1. The van der Waals surface area contributed by atoms with Crippen molar-refractivity contribution in [2.24, 2.45) is 0 Å². The summed E-state index contributed by atoms with van der Waals surface area (Å²) < 4.78 is 17.0. The lowest BCUT2D eigenvalue weighted by atomic mass is 10.1. The van der Waals surface area contributed by atoms with Gasteiger partial charge in [0.1, 0.15) is 0 Å². The van der Waals surface area contributed by atoms with Crippen LogP contribution in [0.1, 0.15) is 36.7 Å². The summed E-state index contributed by atoms with van der Waals surface area (Å²) in [5.41, 5.74) is 3.17. The van der Waals surface area contributed by atoms with Crippen molar-refractivity contribution in [3.8, 4) is 0 Å². The molecular weight excluding hydrogens is 356 g/mol. The Bertz CT molecular complexity index is 761. The van der Waals surface area contributed by atoms with Crippen LogP contribution in [0.2, 0.25) is 0 Å². The van der Waals surface area contributed by atoms with Crippen LogP contribution < -0.4 is 0 Å². The molecule has 0 aromatic carbocycles. The topological polar surface area (TPSA) is 87.8 Å². The molecule has 0 aliphatic heterocycles. The number of aromatic nitrogens is 4. The number of carbonyl (C=O) groups excluding carboxylic acids is 1. The van der Waals surface area contributed by atoms with E-state index in [1.807, 2.05) is 13.8 Å². The quantitative estimate of drug-likeness (QED) is 0.371. The van der Waals surface area contributed by atoms with Crippen molar-refractivity contribution in [3.63, 3.8) is 0 Å². The Morgan fingerprint density at radius 1 is 1.19 bits per heavy atom. The highest BCUT2D eigenvalue weighted by Crippen LogP contribution is 2.26. The van der Waals surface area contributed by atoms with Crippen molar-refractivity contribution in [2.45, 2.75) is 56.7 Å². The molecule has 9 heteroatoms. The van der Waals surface area contributed by atoms with E-state index in [0.717, 1.165) is 42.4 Å². The van der Waals surface area contributed by atoms with E-state index < -0.39 is 17.5 Å². The highest BCUT2D eigenvalue weighted by Gasteiger charge is 2.32. The molecule has 144 valence electrons. The van der Waals surface area contributed by atoms with E-state index in [-0.39, 0.29) is 0 Å². The minimum atomic E-state index is -0.769. The highest BCUT2D eigenvalue weighted by molar-refractivity contribution is 8.00. The summed E-state index contributed by atoms with van der Waals surface area (Å²) in [7, 11) is 4.26. The Labute approximate surface area is 157 Å². The summed E-state index contributed by atoms with van der Waals surface area (Å²) in [6.45, 7) is 6.17. The second kappa shape index (κ2) is 9.29. The average molecular weight is 382 g/mol. The molecule has 0 aliphatic carbocycles. The van der Waals surface area contributed by atoms with Gasteiger partial charge in [-0.25, -0.2) is 9.50 Å². The lowest BCUT2D eigenvalue weighted by Gasteiger charge is -2.20. The Kier molecular flexibility index (Phi) is 7.36. The van der Waals surface area contributed by atoms with E-state index in [9.17, 15) is 4.79 Å². The Hall–Kier alpha value is -1.71. The number of ether oxygens (including phenoxy) is 3. The lowest BCUT2D eigenvalue weighted by molar-refractivity contribution is -0.154. The van der Waals surface area contributed by atoms with E-state index >= 15 is 0 Å². The molecule has 0 N–H and O–H groups in total. The van der Waals surface area contributed by atoms with E-state index in [2.05, 4.69) is 22.0 Å². The SMILES string of the molecule is CCCCc1c(C)nc2nc(S[C@H](C(=O)OC)C(OC)OC)nn2c1C. The number of unbranched alkanes of at least 4 members (excludes halogenated alkanes) is 1. The number of hydrogen-bond donors (Lipinski definition) is 0. The molecule has 0 bridgehead atoms. The van der Waals surface area contributed by atoms with Crippen LogP contribution in [0.3, 0.4) is 0 Å². The fourth-order valence-electron chi connectivity index (χ4n) is 2.74. The van der Waals surface area contributed by atoms with Crippen molar-refractivity contribution >= 4 is 23.5 Å². The summed E-state index contributed by atoms with van der Waals surface area (Å²) in [5.74, 6) is 0.0461. The predicted molar refractivity (Wildman–Crippen MR) is 98.3 cm³/mol. The van der Waals surface area contributed by atoms with Crippen molar-refractivity contribution < 1.29 is 19.0 Å². The molecule has 2 aromatic rings. The van der Waals surface area contributed by atoms with Crippen molar-refractivity contribution in [2.75, 3.05) is 21.3 Å². The largest absolute Gasteiger partial charge is 0.468 e. The van der Waals surface area contributed by atoms with Gasteiger partial charge in [0.2, 0.25) is 5.16 Å². The van der Waals surface area contributed by atoms with Crippen LogP contribution in [0.15, 0.2) is 5.16 Å². The van der Waals surface area contributed by atoms with Crippen molar-refractivity contribution in [1.29, 1.82) is 0 Å². The third-order valence-corrected chi connectivity index (χ3v) is 5.24. The summed E-state index contributed by atoms with van der Waals surface area (Å²) in [6.07, 6.45) is 2.40. The van der Waals surface area contributed by atoms with Gasteiger partial charge >= 0.3 is 5.97 Å². The number of nitrogens with zero attached hydrogens (tertiary/aromatic N) is 4.